The van der Waals surface area contributed by atoms with Crippen molar-refractivity contribution < 1.29 is 0 Å². The first-order chi connectivity index (χ1) is 49.3. The molecule has 3 aliphatic rings. The number of aromatic nitrogens is 5. The lowest BCUT2D eigenvalue weighted by molar-refractivity contribution is 0.736. The summed E-state index contributed by atoms with van der Waals surface area (Å²) in [6.07, 6.45) is 8.46. The number of aryl methyl sites for hydroxylation is 12. The number of nitriles is 2. The number of nitrogens with zero attached hydrogens (tertiary/aromatic N) is 13. The molecule has 15 rings (SSSR count). The third-order valence-electron chi connectivity index (χ3n) is 19.2. The zero-order chi connectivity index (χ0) is 71.1. The summed E-state index contributed by atoms with van der Waals surface area (Å²) in [5.74, 6) is 4.40. The van der Waals surface area contributed by atoms with Crippen molar-refractivity contribution in [3.63, 3.8) is 0 Å². The Hall–Kier alpha value is -12.0. The molecule has 5 heterocycles. The van der Waals surface area contributed by atoms with Crippen molar-refractivity contribution in [3.8, 4) is 23.3 Å². The van der Waals surface area contributed by atoms with Gasteiger partial charge in [0.2, 0.25) is 0 Å². The summed E-state index contributed by atoms with van der Waals surface area (Å²) in [5.41, 5.74) is 28.1. The van der Waals surface area contributed by atoms with E-state index in [9.17, 15) is 10.5 Å². The van der Waals surface area contributed by atoms with E-state index in [0.717, 1.165) is 163 Å². The number of anilines is 8. The summed E-state index contributed by atoms with van der Waals surface area (Å²) in [7, 11) is 0. The van der Waals surface area contributed by atoms with Crippen LogP contribution in [0.1, 0.15) is 84.8 Å². The minimum absolute atomic E-state index is 0.00107. The molecule has 0 amide bonds. The normalized spacial score (nSPS) is 15.0. The van der Waals surface area contributed by atoms with Crippen LogP contribution in [0.3, 0.4) is 0 Å². The van der Waals surface area contributed by atoms with Gasteiger partial charge in [-0.3, -0.25) is 19.6 Å². The third kappa shape index (κ3) is 11.5. The average molecular weight is 1360 g/mol. The Morgan fingerprint density at radius 2 is 0.784 bits per heavy atom. The molecule has 9 aromatic carbocycles. The van der Waals surface area contributed by atoms with Crippen LogP contribution in [0.15, 0.2) is 215 Å². The van der Waals surface area contributed by atoms with Gasteiger partial charge in [-0.1, -0.05) is 138 Å². The lowest BCUT2D eigenvalue weighted by Gasteiger charge is -2.29. The minimum Gasteiger partial charge on any atom is -0.322 e. The molecule has 498 valence electrons. The Labute approximate surface area is 603 Å². The Morgan fingerprint density at radius 3 is 1.20 bits per heavy atom. The second kappa shape index (κ2) is 26.3. The second-order valence-electron chi connectivity index (χ2n) is 26.8. The van der Waals surface area contributed by atoms with Gasteiger partial charge >= 0.3 is 0 Å². The predicted molar refractivity (Wildman–Crippen MR) is 422 cm³/mol. The number of hydrogen-bond donors (Lipinski definition) is 0. The fourth-order valence-electron chi connectivity index (χ4n) is 15.4. The second-order valence-corrected chi connectivity index (χ2v) is 28.5. The molecule has 0 fully saturated rings. The largest absolute Gasteiger partial charge is 0.322 e. The van der Waals surface area contributed by atoms with Crippen LogP contribution in [0.25, 0.3) is 44.8 Å². The predicted octanol–water partition coefficient (Wildman–Crippen LogP) is 20.4. The molecule has 15 heteroatoms. The van der Waals surface area contributed by atoms with E-state index in [1.807, 2.05) is 102 Å². The summed E-state index contributed by atoms with van der Waals surface area (Å²) in [4.78, 5) is 42.7. The molecule has 12 aromatic rings. The molecule has 0 atom stereocenters. The molecule has 0 unspecified atom stereocenters. The average Bonchev–Trinajstić information content (AvgIpc) is 1.57. The Balaban J connectivity index is 0.951. The van der Waals surface area contributed by atoms with Crippen LogP contribution in [-0.4, -0.2) is 35.9 Å². The SMILES string of the molecule is CCn1c(=S)s/c(=C\C=C2\N(c3c(C)cc(C)cc3C)c3nc4ccc(-c5ccc6c(c5)C(=N\c5ccccc5)/C(=C\C=C5N(c7c(C)cc(C)cc7C)c7nc8ccccc8nc7N5c5c(C)cc(C)cc5C)C/6=N\c5ccccc5)cc4nc3N2c2c(C)cc(C)cc2C)c1=C(C#N)C#N. The van der Waals surface area contributed by atoms with E-state index in [1.54, 1.807) is 0 Å². The highest BCUT2D eigenvalue weighted by Crippen LogP contribution is 2.54. The zero-order valence-electron chi connectivity index (χ0n) is 59.3. The van der Waals surface area contributed by atoms with Crippen molar-refractivity contribution in [2.45, 2.75) is 96.6 Å². The molecule has 0 radical (unpaired) electrons. The topological polar surface area (TPSA) is 142 Å². The molecule has 0 bridgehead atoms. The summed E-state index contributed by atoms with van der Waals surface area (Å²) in [6.45, 7) is 28.3. The lowest BCUT2D eigenvalue weighted by Crippen LogP contribution is -2.30. The first-order valence-electron chi connectivity index (χ1n) is 34.2. The molecular formula is C87H73N13S2. The van der Waals surface area contributed by atoms with E-state index in [-0.39, 0.29) is 5.57 Å². The van der Waals surface area contributed by atoms with Crippen LogP contribution < -0.4 is 29.5 Å². The number of rotatable bonds is 10. The molecular weight excluding hydrogens is 1290 g/mol. The van der Waals surface area contributed by atoms with E-state index in [1.165, 1.54) is 22.5 Å². The fourth-order valence-corrected chi connectivity index (χ4v) is 16.9. The third-order valence-corrected chi connectivity index (χ3v) is 20.6. The highest BCUT2D eigenvalue weighted by molar-refractivity contribution is 7.73. The first kappa shape index (κ1) is 65.9. The van der Waals surface area contributed by atoms with Gasteiger partial charge in [-0.05, 0) is 237 Å². The molecule has 3 aromatic heterocycles. The van der Waals surface area contributed by atoms with Gasteiger partial charge < -0.3 is 4.57 Å². The maximum atomic E-state index is 10.3. The number of aliphatic imine (C=N–C) groups is 2. The van der Waals surface area contributed by atoms with Crippen LogP contribution in [-0.2, 0) is 6.54 Å². The van der Waals surface area contributed by atoms with Gasteiger partial charge in [0.05, 0.1) is 77.5 Å². The summed E-state index contributed by atoms with van der Waals surface area (Å²) < 4.78 is 3.14. The van der Waals surface area contributed by atoms with Crippen LogP contribution in [0.5, 0.6) is 0 Å². The van der Waals surface area contributed by atoms with Crippen LogP contribution >= 0.6 is 23.6 Å². The van der Waals surface area contributed by atoms with Crippen molar-refractivity contribution in [1.29, 1.82) is 10.5 Å². The molecule has 0 saturated carbocycles. The number of hydrogen-bond acceptors (Lipinski definition) is 14. The van der Waals surface area contributed by atoms with E-state index >= 15 is 0 Å². The van der Waals surface area contributed by atoms with E-state index in [0.29, 0.717) is 43.0 Å². The Kier molecular flexibility index (Phi) is 17.0. The maximum absolute atomic E-state index is 10.3. The van der Waals surface area contributed by atoms with Gasteiger partial charge in [0.15, 0.2) is 32.8 Å². The van der Waals surface area contributed by atoms with Crippen LogP contribution in [0.4, 0.5) is 57.4 Å². The molecule has 0 saturated heterocycles. The van der Waals surface area contributed by atoms with Gasteiger partial charge in [-0.2, -0.15) is 10.5 Å². The highest BCUT2D eigenvalue weighted by Gasteiger charge is 2.42. The standard InChI is InChI=1S/C87H73N13S2/c1-14-96-82(63(47-88)48-89)73(102-87(96)101)34-36-75-99(80-57(10)41-51(4)42-58(80)11)85-86(100(75)81-59(12)43-52(5)44-60(81)13)95-72-46-62(30-33-71(72)94-85)61-29-31-66-68(45-61)77(91-65-25-19-16-20-26-65)67(76(66)90-64-23-17-15-18-24-64)32-35-74-97(78-53(6)37-49(2)38-54(78)7)83-84(93-70-28-22-21-27-69(70)92-83)98(74)79-55(8)39-50(3)40-56(79)9/h15-46H,14H2,1-13H3/b67-32-,73-34-,75-36-,90-76-,91-77-. The monoisotopic (exact) mass is 1360 g/mol. The van der Waals surface area contributed by atoms with Crippen molar-refractivity contribution in [2.75, 3.05) is 19.6 Å². The zero-order valence-corrected chi connectivity index (χ0v) is 60.9. The Bertz CT molecular complexity index is 5820. The number of thiazole rings is 1. The summed E-state index contributed by atoms with van der Waals surface area (Å²) in [6, 6.07) is 63.5. The number of allylic oxidation sites excluding steroid dienone is 4. The van der Waals surface area contributed by atoms with E-state index in [2.05, 4.69) is 218 Å². The van der Waals surface area contributed by atoms with Crippen LogP contribution in [0.2, 0.25) is 0 Å². The number of fused-ring (bicyclic) bond motifs is 5. The van der Waals surface area contributed by atoms with Gasteiger partial charge in [-0.15, -0.1) is 11.3 Å². The molecule has 2 aliphatic heterocycles. The molecule has 13 nitrogen and oxygen atoms in total. The minimum atomic E-state index is -0.00107. The summed E-state index contributed by atoms with van der Waals surface area (Å²) >= 11 is 7.28. The van der Waals surface area contributed by atoms with E-state index < -0.39 is 0 Å². The molecule has 102 heavy (non-hydrogen) atoms. The van der Waals surface area contributed by atoms with E-state index in [4.69, 9.17) is 42.1 Å². The molecule has 0 N–H and O–H groups in total. The lowest BCUT2D eigenvalue weighted by atomic mass is 9.99. The fraction of sp³-hybridized carbons (Fsp3) is 0.161. The molecule has 0 spiro atoms. The van der Waals surface area contributed by atoms with Gasteiger partial charge in [-0.25, -0.2) is 29.9 Å². The smallest absolute Gasteiger partial charge is 0.183 e. The van der Waals surface area contributed by atoms with Gasteiger partial charge in [0.1, 0.15) is 23.8 Å². The van der Waals surface area contributed by atoms with Crippen molar-refractivity contribution in [2.24, 2.45) is 9.98 Å². The number of benzene rings is 9. The number of para-hydroxylation sites is 4. The first-order valence-corrected chi connectivity index (χ1v) is 35.4. The van der Waals surface area contributed by atoms with Crippen molar-refractivity contribution in [3.05, 3.63) is 297 Å². The Morgan fingerprint density at radius 1 is 0.422 bits per heavy atom. The maximum Gasteiger partial charge on any atom is 0.183 e. The van der Waals surface area contributed by atoms with Gasteiger partial charge in [0, 0.05) is 23.2 Å². The summed E-state index contributed by atoms with van der Waals surface area (Å²) in [5, 5.41) is 21.1. The quantitative estimate of drug-likeness (QED) is 0.121. The molecule has 1 aliphatic carbocycles. The van der Waals surface area contributed by atoms with Gasteiger partial charge in [0.25, 0.3) is 0 Å². The van der Waals surface area contributed by atoms with Crippen molar-refractivity contribution >= 4 is 126 Å². The van der Waals surface area contributed by atoms with Crippen molar-refractivity contribution in [1.82, 2.24) is 24.5 Å². The van der Waals surface area contributed by atoms with Crippen LogP contribution in [0, 0.1) is 110 Å². The highest BCUT2D eigenvalue weighted by atomic mass is 32.1.